The maximum absolute atomic E-state index is 13.3. The molecule has 3 aromatic carbocycles. The van der Waals surface area contributed by atoms with Crippen LogP contribution in [0.25, 0.3) is 11.1 Å². The third kappa shape index (κ3) is 9.45. The van der Waals surface area contributed by atoms with E-state index in [1.54, 1.807) is 24.9 Å². The molecule has 0 radical (unpaired) electrons. The van der Waals surface area contributed by atoms with E-state index >= 15 is 0 Å². The molecule has 2 atom stereocenters. The number of ether oxygens (including phenoxy) is 2. The van der Waals surface area contributed by atoms with E-state index in [0.717, 1.165) is 52.8 Å². The van der Waals surface area contributed by atoms with E-state index in [1.807, 2.05) is 67.8 Å². The molecule has 8 heteroatoms. The number of rotatable bonds is 15. The molecular formula is C32H40LiNO5S. The molecule has 0 spiro atoms. The van der Waals surface area contributed by atoms with Crippen LogP contribution in [0.4, 0.5) is 0 Å². The smallest absolute Gasteiger partial charge is 1.00 e. The Kier molecular flexibility index (Phi) is 14.4. The number of aliphatic carboxylic acids is 1. The molecule has 0 aliphatic heterocycles. The summed E-state index contributed by atoms with van der Waals surface area (Å²) in [4.78, 5) is 25.1. The van der Waals surface area contributed by atoms with Gasteiger partial charge in [-0.15, -0.1) is 0 Å². The number of benzene rings is 3. The summed E-state index contributed by atoms with van der Waals surface area (Å²) >= 11 is 1.55. The van der Waals surface area contributed by atoms with Crippen molar-refractivity contribution in [3.05, 3.63) is 89.0 Å². The van der Waals surface area contributed by atoms with Crippen LogP contribution in [0, 0.1) is 6.92 Å². The van der Waals surface area contributed by atoms with Gasteiger partial charge in [0.05, 0.1) is 19.8 Å². The number of unbranched alkanes of at least 4 members (excludes halogenated alkanes) is 1. The van der Waals surface area contributed by atoms with Crippen molar-refractivity contribution in [1.82, 2.24) is 5.32 Å². The summed E-state index contributed by atoms with van der Waals surface area (Å²) in [6, 6.07) is 20.6. The zero-order valence-electron chi connectivity index (χ0n) is 25.2. The topological polar surface area (TPSA) is 84.9 Å². The second-order valence-electron chi connectivity index (χ2n) is 9.56. The molecule has 3 rings (SSSR count). The van der Waals surface area contributed by atoms with E-state index in [2.05, 4.69) is 18.3 Å². The number of carboxylic acids is 1. The maximum atomic E-state index is 13.3. The fraction of sp³-hybridized carbons (Fsp3) is 0.375. The molecule has 40 heavy (non-hydrogen) atoms. The molecule has 0 aliphatic rings. The Bertz CT molecular complexity index is 1260. The summed E-state index contributed by atoms with van der Waals surface area (Å²) in [5.41, 5.74) is 5.16. The van der Waals surface area contributed by atoms with E-state index in [1.165, 1.54) is 0 Å². The Morgan fingerprint density at radius 1 is 1.02 bits per heavy atom. The molecule has 0 aliphatic carbocycles. The molecular weight excluding hydrogens is 517 g/mol. The van der Waals surface area contributed by atoms with Gasteiger partial charge in [-0.2, -0.15) is 11.8 Å². The number of carboxylic acid groups (broad SMARTS) is 1. The largest absolute Gasteiger partial charge is 1.00 e. The summed E-state index contributed by atoms with van der Waals surface area (Å²) in [6.45, 7) is 4.54. The summed E-state index contributed by atoms with van der Waals surface area (Å²) in [5, 5.41) is 12.4. The van der Waals surface area contributed by atoms with E-state index < -0.39 is 17.9 Å². The quantitative estimate of drug-likeness (QED) is 0.273. The van der Waals surface area contributed by atoms with Crippen molar-refractivity contribution in [2.24, 2.45) is 0 Å². The first kappa shape index (κ1) is 33.5. The Balaban J connectivity index is 0.00000420. The Morgan fingerprint density at radius 3 is 2.48 bits per heavy atom. The number of carbonyl (C=O) groups is 2. The molecule has 1 unspecified atom stereocenters. The van der Waals surface area contributed by atoms with E-state index in [0.29, 0.717) is 24.3 Å². The molecule has 0 heterocycles. The van der Waals surface area contributed by atoms with Crippen molar-refractivity contribution >= 4 is 23.6 Å². The summed E-state index contributed by atoms with van der Waals surface area (Å²) < 4.78 is 11.9. The number of hydrogen-bond acceptors (Lipinski definition) is 5. The van der Waals surface area contributed by atoms with Crippen LogP contribution in [0.3, 0.4) is 0 Å². The van der Waals surface area contributed by atoms with Gasteiger partial charge in [0.2, 0.25) is 0 Å². The predicted molar refractivity (Wildman–Crippen MR) is 160 cm³/mol. The minimum atomic E-state index is -1.03. The molecule has 0 saturated carbocycles. The van der Waals surface area contributed by atoms with Crippen molar-refractivity contribution in [2.45, 2.75) is 58.3 Å². The second kappa shape index (κ2) is 17.2. The fourth-order valence-corrected chi connectivity index (χ4v) is 4.95. The monoisotopic (exact) mass is 557 g/mol. The number of carbonyl (C=O) groups excluding carboxylic acids is 1. The summed E-state index contributed by atoms with van der Waals surface area (Å²) in [6.07, 6.45) is 5.19. The van der Waals surface area contributed by atoms with Crippen molar-refractivity contribution in [3.8, 4) is 16.9 Å². The van der Waals surface area contributed by atoms with Gasteiger partial charge in [-0.05, 0) is 83.9 Å². The molecule has 0 aromatic heterocycles. The third-order valence-corrected chi connectivity index (χ3v) is 7.36. The van der Waals surface area contributed by atoms with Crippen molar-refractivity contribution in [1.29, 1.82) is 0 Å². The van der Waals surface area contributed by atoms with Crippen molar-refractivity contribution < 1.29 is 44.5 Å². The fourth-order valence-electron chi connectivity index (χ4n) is 4.48. The van der Waals surface area contributed by atoms with Crippen LogP contribution < -0.4 is 28.9 Å². The van der Waals surface area contributed by atoms with Crippen LogP contribution in [-0.2, 0) is 16.1 Å². The summed E-state index contributed by atoms with van der Waals surface area (Å²) in [7, 11) is 1.66. The van der Waals surface area contributed by atoms with Gasteiger partial charge in [0.25, 0.3) is 5.91 Å². The minimum Gasteiger partial charge on any atom is -1.00 e. The van der Waals surface area contributed by atoms with Gasteiger partial charge < -0.3 is 21.3 Å². The molecule has 2 N–H and O–H groups in total. The molecule has 0 bridgehead atoms. The van der Waals surface area contributed by atoms with Crippen LogP contribution in [0.2, 0.25) is 0 Å². The number of hydrogen-bond donors (Lipinski definition) is 2. The predicted octanol–water partition coefficient (Wildman–Crippen LogP) is 4.17. The average Bonchev–Trinajstić information content (AvgIpc) is 2.95. The van der Waals surface area contributed by atoms with Crippen molar-refractivity contribution in [2.75, 3.05) is 19.1 Å². The third-order valence-electron chi connectivity index (χ3n) is 6.71. The second-order valence-corrected chi connectivity index (χ2v) is 10.5. The van der Waals surface area contributed by atoms with Gasteiger partial charge in [-0.1, -0.05) is 62.2 Å². The Morgan fingerprint density at radius 2 is 1.80 bits per heavy atom. The number of nitrogens with one attached hydrogen (secondary N) is 1. The SMILES string of the molecule is CCCCC(OCc1ccc(C(=O)N[C@@H](CCSC)C(=O)O)c(-c2ccccc2C)c1)c1cccc(OC)c1.[H-].[Li+]. The van der Waals surface area contributed by atoms with Gasteiger partial charge in [0, 0.05) is 5.56 Å². The van der Waals surface area contributed by atoms with Crippen LogP contribution in [-0.4, -0.2) is 42.1 Å². The molecule has 6 nitrogen and oxygen atoms in total. The number of thioether (sulfide) groups is 1. The number of amides is 1. The van der Waals surface area contributed by atoms with Gasteiger partial charge in [0.15, 0.2) is 0 Å². The van der Waals surface area contributed by atoms with Crippen LogP contribution in [0.15, 0.2) is 66.7 Å². The first-order valence-electron chi connectivity index (χ1n) is 13.3. The Labute approximate surface area is 255 Å². The molecule has 3 aromatic rings. The number of aryl methyl sites for hydroxylation is 1. The zero-order chi connectivity index (χ0) is 28.2. The van der Waals surface area contributed by atoms with Crippen LogP contribution >= 0.6 is 11.8 Å². The first-order chi connectivity index (χ1) is 18.9. The molecule has 1 amide bonds. The maximum Gasteiger partial charge on any atom is 1.00 e. The normalized spacial score (nSPS) is 12.2. The molecule has 0 fully saturated rings. The van der Waals surface area contributed by atoms with Crippen molar-refractivity contribution in [3.63, 3.8) is 0 Å². The van der Waals surface area contributed by atoms with Gasteiger partial charge in [-0.25, -0.2) is 4.79 Å². The standard InChI is InChI=1S/C32H39NO5S.Li.H/c1-5-6-14-30(24-11-9-12-25(20-24)37-3)38-21-23-15-16-27(28(19-23)26-13-8-7-10-22(26)2)31(34)33-29(32(35)36)17-18-39-4;;/h7-13,15-16,19-20,29-30H,5-6,14,17-18,21H2,1-4H3,(H,33,34)(H,35,36);;/q;+1;-1/t29-,30?;;/m0../s1. The zero-order valence-corrected chi connectivity index (χ0v) is 25.1. The first-order valence-corrected chi connectivity index (χ1v) is 14.7. The minimum absolute atomic E-state index is 0. The van der Waals surface area contributed by atoms with E-state index in [-0.39, 0.29) is 26.4 Å². The molecule has 210 valence electrons. The van der Waals surface area contributed by atoms with Crippen LogP contribution in [0.5, 0.6) is 5.75 Å². The van der Waals surface area contributed by atoms with E-state index in [4.69, 9.17) is 9.47 Å². The molecule has 0 saturated heterocycles. The van der Waals surface area contributed by atoms with E-state index in [9.17, 15) is 14.7 Å². The van der Waals surface area contributed by atoms with Crippen LogP contribution in [0.1, 0.15) is 67.2 Å². The van der Waals surface area contributed by atoms with Gasteiger partial charge in [-0.3, -0.25) is 4.79 Å². The Hall–Kier alpha value is -2.69. The summed E-state index contributed by atoms with van der Waals surface area (Å²) in [5.74, 6) is 0.0129. The van der Waals surface area contributed by atoms with Gasteiger partial charge in [0.1, 0.15) is 11.8 Å². The number of methoxy groups -OCH3 is 1. The van der Waals surface area contributed by atoms with Gasteiger partial charge >= 0.3 is 24.8 Å². The average molecular weight is 558 g/mol.